The van der Waals surface area contributed by atoms with Crippen molar-refractivity contribution in [2.45, 2.75) is 38.5 Å². The molecular weight excluding hydrogens is 284 g/mol. The van der Waals surface area contributed by atoms with E-state index in [9.17, 15) is 9.59 Å². The zero-order chi connectivity index (χ0) is 15.5. The summed E-state index contributed by atoms with van der Waals surface area (Å²) in [7, 11) is 0. The number of benzene rings is 1. The van der Waals surface area contributed by atoms with Crippen LogP contribution in [0, 0.1) is 0 Å². The Morgan fingerprint density at radius 2 is 2.32 bits per heavy atom. The Bertz CT molecular complexity index is 737. The minimum atomic E-state index is -0.314. The number of nitrogens with one attached hydrogen (secondary N) is 1. The molecular formula is C15H18N4O3. The van der Waals surface area contributed by atoms with E-state index in [0.29, 0.717) is 10.9 Å². The van der Waals surface area contributed by atoms with Crippen molar-refractivity contribution >= 4 is 16.8 Å². The molecule has 1 aromatic heterocycles. The quantitative estimate of drug-likeness (QED) is 0.887. The van der Waals surface area contributed by atoms with Crippen molar-refractivity contribution in [3.63, 3.8) is 0 Å². The van der Waals surface area contributed by atoms with Crippen molar-refractivity contribution in [3.8, 4) is 0 Å². The van der Waals surface area contributed by atoms with Crippen LogP contribution in [0.15, 0.2) is 29.1 Å². The lowest BCUT2D eigenvalue weighted by molar-refractivity contribution is -0.123. The van der Waals surface area contributed by atoms with Crippen LogP contribution < -0.4 is 10.9 Å². The number of hydrogen-bond acceptors (Lipinski definition) is 5. The summed E-state index contributed by atoms with van der Waals surface area (Å²) in [5, 5.41) is 11.1. The van der Waals surface area contributed by atoms with Gasteiger partial charge in [0, 0.05) is 6.61 Å². The Labute approximate surface area is 127 Å². The standard InChI is InChI=1S/C15H18N4O3/c1-10(13-7-4-8-22-13)16-14(20)9-19-15(21)11-5-2-3-6-12(11)17-18-19/h2-3,5-6,10,13H,4,7-9H2,1H3,(H,16,20)/t10-,13-/m0/s1. The van der Waals surface area contributed by atoms with E-state index in [4.69, 9.17) is 4.74 Å². The number of nitrogens with zero attached hydrogens (tertiary/aromatic N) is 3. The molecule has 2 atom stereocenters. The molecule has 0 radical (unpaired) electrons. The highest BCUT2D eigenvalue weighted by Gasteiger charge is 2.23. The highest BCUT2D eigenvalue weighted by Crippen LogP contribution is 2.15. The van der Waals surface area contributed by atoms with E-state index < -0.39 is 0 Å². The summed E-state index contributed by atoms with van der Waals surface area (Å²) in [6.07, 6.45) is 2.00. The second-order valence-electron chi connectivity index (χ2n) is 5.48. The molecule has 0 unspecified atom stereocenters. The predicted octanol–water partition coefficient (Wildman–Crippen LogP) is 0.475. The van der Waals surface area contributed by atoms with Crippen molar-refractivity contribution in [1.29, 1.82) is 0 Å². The van der Waals surface area contributed by atoms with Crippen LogP contribution in [0.25, 0.3) is 10.9 Å². The zero-order valence-electron chi connectivity index (χ0n) is 12.4. The smallest absolute Gasteiger partial charge is 0.278 e. The maximum absolute atomic E-state index is 12.3. The van der Waals surface area contributed by atoms with Crippen LogP contribution >= 0.6 is 0 Å². The first-order valence-electron chi connectivity index (χ1n) is 7.38. The fourth-order valence-electron chi connectivity index (χ4n) is 2.65. The monoisotopic (exact) mass is 302 g/mol. The predicted molar refractivity (Wildman–Crippen MR) is 80.4 cm³/mol. The van der Waals surface area contributed by atoms with Gasteiger partial charge in [-0.2, -0.15) is 0 Å². The van der Waals surface area contributed by atoms with Crippen LogP contribution in [0.4, 0.5) is 0 Å². The van der Waals surface area contributed by atoms with Crippen LogP contribution in [0.2, 0.25) is 0 Å². The maximum Gasteiger partial charge on any atom is 0.278 e. The molecule has 1 aromatic carbocycles. The van der Waals surface area contributed by atoms with Gasteiger partial charge < -0.3 is 10.1 Å². The van der Waals surface area contributed by atoms with E-state index in [-0.39, 0.29) is 30.2 Å². The van der Waals surface area contributed by atoms with Gasteiger partial charge in [-0.25, -0.2) is 4.68 Å². The minimum Gasteiger partial charge on any atom is -0.376 e. The van der Waals surface area contributed by atoms with Crippen LogP contribution in [0.1, 0.15) is 19.8 Å². The van der Waals surface area contributed by atoms with Gasteiger partial charge in [0.25, 0.3) is 5.56 Å². The highest BCUT2D eigenvalue weighted by atomic mass is 16.5. The van der Waals surface area contributed by atoms with Gasteiger partial charge in [-0.05, 0) is 31.9 Å². The van der Waals surface area contributed by atoms with Crippen LogP contribution in [-0.4, -0.2) is 39.7 Å². The number of carbonyl (C=O) groups is 1. The molecule has 0 spiro atoms. The first-order valence-corrected chi connectivity index (χ1v) is 7.38. The van der Waals surface area contributed by atoms with Crippen molar-refractivity contribution < 1.29 is 9.53 Å². The van der Waals surface area contributed by atoms with E-state index >= 15 is 0 Å². The molecule has 2 aromatic rings. The van der Waals surface area contributed by atoms with Crippen LogP contribution in [-0.2, 0) is 16.1 Å². The molecule has 0 aliphatic carbocycles. The summed E-state index contributed by atoms with van der Waals surface area (Å²) in [5.74, 6) is -0.269. The fraction of sp³-hybridized carbons (Fsp3) is 0.467. The Morgan fingerprint density at radius 3 is 3.09 bits per heavy atom. The van der Waals surface area contributed by atoms with E-state index in [1.165, 1.54) is 0 Å². The minimum absolute atomic E-state index is 0.0448. The summed E-state index contributed by atoms with van der Waals surface area (Å²) >= 11 is 0. The number of rotatable bonds is 4. The Hall–Kier alpha value is -2.28. The molecule has 1 aliphatic heterocycles. The van der Waals surface area contributed by atoms with Crippen molar-refractivity contribution in [2.75, 3.05) is 6.61 Å². The lowest BCUT2D eigenvalue weighted by Gasteiger charge is -2.19. The summed E-state index contributed by atoms with van der Waals surface area (Å²) in [5.41, 5.74) is 0.211. The van der Waals surface area contributed by atoms with Gasteiger partial charge in [0.05, 0.1) is 17.5 Å². The molecule has 3 rings (SSSR count). The zero-order valence-corrected chi connectivity index (χ0v) is 12.4. The number of amides is 1. The van der Waals surface area contributed by atoms with E-state index in [0.717, 1.165) is 24.1 Å². The molecule has 1 fully saturated rings. The van der Waals surface area contributed by atoms with Crippen molar-refractivity contribution in [1.82, 2.24) is 20.3 Å². The molecule has 0 saturated carbocycles. The third-order valence-electron chi connectivity index (χ3n) is 3.83. The van der Waals surface area contributed by atoms with Gasteiger partial charge in [0.2, 0.25) is 5.91 Å². The third kappa shape index (κ3) is 2.99. The number of aromatic nitrogens is 3. The van der Waals surface area contributed by atoms with Gasteiger partial charge in [-0.3, -0.25) is 9.59 Å². The maximum atomic E-state index is 12.3. The summed E-state index contributed by atoms with van der Waals surface area (Å²) in [6, 6.07) is 6.86. The first-order chi connectivity index (χ1) is 10.6. The Kier molecular flexibility index (Phi) is 4.15. The largest absolute Gasteiger partial charge is 0.376 e. The normalized spacial score (nSPS) is 19.2. The average Bonchev–Trinajstić information content (AvgIpc) is 3.05. The summed E-state index contributed by atoms with van der Waals surface area (Å²) < 4.78 is 6.62. The van der Waals surface area contributed by atoms with Crippen molar-refractivity contribution in [2.24, 2.45) is 0 Å². The van der Waals surface area contributed by atoms with Crippen molar-refractivity contribution in [3.05, 3.63) is 34.6 Å². The number of hydrogen-bond donors (Lipinski definition) is 1. The Balaban J connectivity index is 1.71. The number of ether oxygens (including phenoxy) is 1. The highest BCUT2D eigenvalue weighted by molar-refractivity contribution is 5.78. The first kappa shape index (κ1) is 14.6. The van der Waals surface area contributed by atoms with E-state index in [1.54, 1.807) is 24.3 Å². The second-order valence-corrected chi connectivity index (χ2v) is 5.48. The van der Waals surface area contributed by atoms with Gasteiger partial charge in [0.15, 0.2) is 0 Å². The number of fused-ring (bicyclic) bond motifs is 1. The topological polar surface area (TPSA) is 86.1 Å². The molecule has 2 heterocycles. The molecule has 0 bridgehead atoms. The van der Waals surface area contributed by atoms with Gasteiger partial charge in [0.1, 0.15) is 12.1 Å². The molecule has 1 N–H and O–H groups in total. The summed E-state index contributed by atoms with van der Waals surface area (Å²) in [6.45, 7) is 2.50. The molecule has 1 saturated heterocycles. The van der Waals surface area contributed by atoms with Gasteiger partial charge in [-0.1, -0.05) is 17.3 Å². The second kappa shape index (κ2) is 6.23. The average molecular weight is 302 g/mol. The van der Waals surface area contributed by atoms with Crippen LogP contribution in [0.5, 0.6) is 0 Å². The third-order valence-corrected chi connectivity index (χ3v) is 3.83. The lowest BCUT2D eigenvalue weighted by atomic mass is 10.1. The molecule has 1 aliphatic rings. The fourth-order valence-corrected chi connectivity index (χ4v) is 2.65. The van der Waals surface area contributed by atoms with E-state index in [2.05, 4.69) is 15.6 Å². The molecule has 116 valence electrons. The Morgan fingerprint density at radius 1 is 1.50 bits per heavy atom. The lowest BCUT2D eigenvalue weighted by Crippen LogP contribution is -2.43. The summed E-state index contributed by atoms with van der Waals surface area (Å²) in [4.78, 5) is 24.3. The molecule has 7 nitrogen and oxygen atoms in total. The molecule has 1 amide bonds. The van der Waals surface area contributed by atoms with E-state index in [1.807, 2.05) is 6.92 Å². The molecule has 7 heteroatoms. The number of carbonyl (C=O) groups excluding carboxylic acids is 1. The van der Waals surface area contributed by atoms with Gasteiger partial charge in [-0.15, -0.1) is 5.10 Å². The molecule has 22 heavy (non-hydrogen) atoms. The van der Waals surface area contributed by atoms with Gasteiger partial charge >= 0.3 is 0 Å². The van der Waals surface area contributed by atoms with Crippen LogP contribution in [0.3, 0.4) is 0 Å². The SMILES string of the molecule is C[C@H](NC(=O)Cn1nnc2ccccc2c1=O)[C@@H]1CCCO1.